The summed E-state index contributed by atoms with van der Waals surface area (Å²) in [6.45, 7) is 3.90. The molecule has 0 aromatic heterocycles. The van der Waals surface area contributed by atoms with Crippen molar-refractivity contribution in [1.29, 1.82) is 0 Å². The van der Waals surface area contributed by atoms with E-state index in [0.29, 0.717) is 0 Å². The Morgan fingerprint density at radius 1 is 1.60 bits per heavy atom. The summed E-state index contributed by atoms with van der Waals surface area (Å²) in [5.74, 6) is -0.414. The normalized spacial score (nSPS) is 12.3. The summed E-state index contributed by atoms with van der Waals surface area (Å²) in [5.41, 5.74) is 4.74. The highest BCUT2D eigenvalue weighted by molar-refractivity contribution is 5.85. The molecule has 0 saturated heterocycles. The van der Waals surface area contributed by atoms with Gasteiger partial charge in [0.15, 0.2) is 0 Å². The number of nitrogens with two attached hydrogens (primary N) is 1. The van der Waals surface area contributed by atoms with Gasteiger partial charge in [-0.25, -0.2) is 0 Å². The topological polar surface area (TPSA) is 55.1 Å². The van der Waals surface area contributed by atoms with Crippen molar-refractivity contribution >= 4 is 5.91 Å². The average molecular weight is 142 g/mol. The number of hydrogen-bond acceptors (Lipinski definition) is 2. The number of primary amides is 1. The predicted octanol–water partition coefficient (Wildman–Crippen LogP) is 0.0259. The molecule has 0 rings (SSSR count). The van der Waals surface area contributed by atoms with Gasteiger partial charge in [0.25, 0.3) is 0 Å². The van der Waals surface area contributed by atoms with E-state index in [-0.39, 0.29) is 5.54 Å². The summed E-state index contributed by atoms with van der Waals surface area (Å²) in [7, 11) is 1.82. The highest BCUT2D eigenvalue weighted by Gasteiger charge is 2.08. The van der Waals surface area contributed by atoms with Gasteiger partial charge in [0, 0.05) is 11.6 Å². The lowest BCUT2D eigenvalue weighted by Crippen LogP contribution is -2.33. The van der Waals surface area contributed by atoms with Crippen molar-refractivity contribution in [2.75, 3.05) is 7.05 Å². The maximum atomic E-state index is 10.3. The van der Waals surface area contributed by atoms with Crippen LogP contribution in [0.15, 0.2) is 12.2 Å². The molecule has 0 aromatic carbocycles. The smallest absolute Gasteiger partial charge is 0.241 e. The van der Waals surface area contributed by atoms with Gasteiger partial charge in [-0.15, -0.1) is 0 Å². The molecule has 1 amide bonds. The van der Waals surface area contributed by atoms with Gasteiger partial charge in [0.1, 0.15) is 0 Å². The van der Waals surface area contributed by atoms with Crippen molar-refractivity contribution < 1.29 is 4.79 Å². The number of carbonyl (C=O) groups is 1. The third-order valence-electron chi connectivity index (χ3n) is 1.31. The lowest BCUT2D eigenvalue weighted by molar-refractivity contribution is -0.113. The monoisotopic (exact) mass is 142 g/mol. The fourth-order valence-electron chi connectivity index (χ4n) is 0.374. The number of carbonyl (C=O) groups excluding carboxylic acids is 1. The minimum absolute atomic E-state index is 0.158. The summed E-state index contributed by atoms with van der Waals surface area (Å²) in [5, 5.41) is 3.00. The minimum Gasteiger partial charge on any atom is -0.366 e. The third kappa shape index (κ3) is 4.09. The molecule has 0 radical (unpaired) electrons. The van der Waals surface area contributed by atoms with Crippen molar-refractivity contribution in [2.45, 2.75) is 19.4 Å². The van der Waals surface area contributed by atoms with Gasteiger partial charge in [-0.3, -0.25) is 4.79 Å². The Labute approximate surface area is 61.3 Å². The van der Waals surface area contributed by atoms with E-state index in [0.717, 1.165) is 0 Å². The Morgan fingerprint density at radius 3 is 2.40 bits per heavy atom. The number of rotatable bonds is 3. The van der Waals surface area contributed by atoms with E-state index >= 15 is 0 Å². The second kappa shape index (κ2) is 3.37. The fourth-order valence-corrected chi connectivity index (χ4v) is 0.374. The van der Waals surface area contributed by atoms with Gasteiger partial charge < -0.3 is 11.1 Å². The van der Waals surface area contributed by atoms with Crippen LogP contribution in [0.5, 0.6) is 0 Å². The molecule has 0 aliphatic rings. The molecular weight excluding hydrogens is 128 g/mol. The standard InChI is InChI=1S/C7H14N2O/c1-7(2,9-3)5-4-6(8)10/h4-5,9H,1-3H3,(H2,8,10)/b5-4+. The molecule has 10 heavy (non-hydrogen) atoms. The molecule has 3 N–H and O–H groups in total. The second-order valence-electron chi connectivity index (χ2n) is 2.71. The van der Waals surface area contributed by atoms with Crippen molar-refractivity contribution in [1.82, 2.24) is 5.32 Å². The van der Waals surface area contributed by atoms with Crippen LogP contribution in [0, 0.1) is 0 Å². The van der Waals surface area contributed by atoms with Crippen molar-refractivity contribution in [2.24, 2.45) is 5.73 Å². The first-order chi connectivity index (χ1) is 4.48. The Bertz CT molecular complexity index is 150. The zero-order chi connectivity index (χ0) is 8.20. The number of likely N-dealkylation sites (N-methyl/N-ethyl adjacent to an activating group) is 1. The van der Waals surface area contributed by atoms with Crippen LogP contribution in [0.4, 0.5) is 0 Å². The molecule has 0 atom stereocenters. The molecule has 0 heterocycles. The summed E-state index contributed by atoms with van der Waals surface area (Å²) in [4.78, 5) is 10.3. The van der Waals surface area contributed by atoms with Gasteiger partial charge in [-0.05, 0) is 20.9 Å². The first kappa shape index (κ1) is 9.17. The molecule has 0 unspecified atom stereocenters. The molecule has 0 aliphatic heterocycles. The molecular formula is C7H14N2O. The highest BCUT2D eigenvalue weighted by atomic mass is 16.1. The molecule has 0 bridgehead atoms. The minimum atomic E-state index is -0.414. The van der Waals surface area contributed by atoms with Crippen LogP contribution in [0.2, 0.25) is 0 Å². The second-order valence-corrected chi connectivity index (χ2v) is 2.71. The Hall–Kier alpha value is -0.830. The molecule has 58 valence electrons. The van der Waals surface area contributed by atoms with Crippen LogP contribution in [0.25, 0.3) is 0 Å². The number of hydrogen-bond donors (Lipinski definition) is 2. The first-order valence-corrected chi connectivity index (χ1v) is 3.15. The molecule has 3 nitrogen and oxygen atoms in total. The van der Waals surface area contributed by atoms with Gasteiger partial charge in [0.2, 0.25) is 5.91 Å². The van der Waals surface area contributed by atoms with E-state index in [2.05, 4.69) is 5.32 Å². The zero-order valence-corrected chi connectivity index (χ0v) is 6.64. The molecule has 0 spiro atoms. The van der Waals surface area contributed by atoms with E-state index in [1.807, 2.05) is 20.9 Å². The highest BCUT2D eigenvalue weighted by Crippen LogP contribution is 2.01. The lowest BCUT2D eigenvalue weighted by atomic mass is 10.1. The van der Waals surface area contributed by atoms with Crippen LogP contribution in [-0.2, 0) is 4.79 Å². The lowest BCUT2D eigenvalue weighted by Gasteiger charge is -2.18. The van der Waals surface area contributed by atoms with Crippen molar-refractivity contribution in [3.8, 4) is 0 Å². The Kier molecular flexibility index (Phi) is 3.09. The van der Waals surface area contributed by atoms with Gasteiger partial charge in [0.05, 0.1) is 0 Å². The van der Waals surface area contributed by atoms with Crippen molar-refractivity contribution in [3.63, 3.8) is 0 Å². The van der Waals surface area contributed by atoms with Gasteiger partial charge >= 0.3 is 0 Å². The molecule has 0 aromatic rings. The SMILES string of the molecule is CNC(C)(C)/C=C/C(N)=O. The van der Waals surface area contributed by atoms with E-state index in [1.165, 1.54) is 6.08 Å². The number of amides is 1. The third-order valence-corrected chi connectivity index (χ3v) is 1.31. The van der Waals surface area contributed by atoms with Gasteiger partial charge in [-0.2, -0.15) is 0 Å². The summed E-state index contributed by atoms with van der Waals surface area (Å²) >= 11 is 0. The fraction of sp³-hybridized carbons (Fsp3) is 0.571. The molecule has 0 aliphatic carbocycles. The van der Waals surface area contributed by atoms with Crippen LogP contribution in [0.1, 0.15) is 13.8 Å². The molecule has 3 heteroatoms. The quantitative estimate of drug-likeness (QED) is 0.546. The Morgan fingerprint density at radius 2 is 2.10 bits per heavy atom. The molecule has 0 saturated carbocycles. The van der Waals surface area contributed by atoms with Gasteiger partial charge in [-0.1, -0.05) is 6.08 Å². The van der Waals surface area contributed by atoms with E-state index in [1.54, 1.807) is 6.08 Å². The van der Waals surface area contributed by atoms with E-state index < -0.39 is 5.91 Å². The van der Waals surface area contributed by atoms with Crippen LogP contribution < -0.4 is 11.1 Å². The van der Waals surface area contributed by atoms with E-state index in [4.69, 9.17) is 5.73 Å². The maximum absolute atomic E-state index is 10.3. The van der Waals surface area contributed by atoms with Crippen LogP contribution in [-0.4, -0.2) is 18.5 Å². The summed E-state index contributed by atoms with van der Waals surface area (Å²) in [6, 6.07) is 0. The first-order valence-electron chi connectivity index (χ1n) is 3.15. The zero-order valence-electron chi connectivity index (χ0n) is 6.64. The largest absolute Gasteiger partial charge is 0.366 e. The number of nitrogens with one attached hydrogen (secondary N) is 1. The van der Waals surface area contributed by atoms with Crippen molar-refractivity contribution in [3.05, 3.63) is 12.2 Å². The van der Waals surface area contributed by atoms with Crippen LogP contribution >= 0.6 is 0 Å². The predicted molar refractivity (Wildman–Crippen MR) is 41.5 cm³/mol. The average Bonchev–Trinajstić information content (AvgIpc) is 1.85. The summed E-state index contributed by atoms with van der Waals surface area (Å²) < 4.78 is 0. The molecule has 0 fully saturated rings. The Balaban J connectivity index is 3.99. The van der Waals surface area contributed by atoms with E-state index in [9.17, 15) is 4.79 Å². The summed E-state index contributed by atoms with van der Waals surface area (Å²) in [6.07, 6.45) is 3.09. The van der Waals surface area contributed by atoms with Crippen LogP contribution in [0.3, 0.4) is 0 Å². The maximum Gasteiger partial charge on any atom is 0.241 e.